The molecule has 0 fully saturated rings. The number of guanidine groups is 1. The number of aliphatic imine (C=N–C) groups is 1. The Balaban J connectivity index is 2.11. The number of pyridine rings is 2. The predicted octanol–water partition coefficient (Wildman–Crippen LogP) is 0.690. The van der Waals surface area contributed by atoms with Gasteiger partial charge in [0.1, 0.15) is 0 Å². The van der Waals surface area contributed by atoms with Crippen LogP contribution in [0.3, 0.4) is 0 Å². The monoisotopic (exact) mass is 450 g/mol. The molecule has 10 nitrogen and oxygen atoms in total. The Kier molecular flexibility index (Phi) is 6.48. The van der Waals surface area contributed by atoms with E-state index in [2.05, 4.69) is 15.0 Å². The van der Waals surface area contributed by atoms with Crippen molar-refractivity contribution in [2.24, 2.45) is 16.5 Å². The lowest BCUT2D eigenvalue weighted by molar-refractivity contribution is -0.0502. The molecule has 158 valence electrons. The normalized spacial score (nSPS) is 11.9. The van der Waals surface area contributed by atoms with Gasteiger partial charge in [-0.25, -0.2) is 13.4 Å². The van der Waals surface area contributed by atoms with Crippen LogP contribution in [0.4, 0.5) is 5.82 Å². The van der Waals surface area contributed by atoms with E-state index in [9.17, 15) is 18.6 Å². The first-order chi connectivity index (χ1) is 14.2. The van der Waals surface area contributed by atoms with Gasteiger partial charge in [0.2, 0.25) is 10.0 Å². The molecule has 0 atom stereocenters. The molecule has 1 aromatic carbocycles. The molecule has 0 bridgehead atoms. The second-order valence-electron chi connectivity index (χ2n) is 6.27. The van der Waals surface area contributed by atoms with Gasteiger partial charge in [-0.15, -0.1) is 0 Å². The Labute approximate surface area is 177 Å². The van der Waals surface area contributed by atoms with E-state index in [-0.39, 0.29) is 23.2 Å². The SMILES string of the molecule is NC(N)=Nc1ncc(Cl)c2ccc(S(=O)(=O)N(Cc3ccccn3)CC(O)O)cc12. The summed E-state index contributed by atoms with van der Waals surface area (Å²) in [5.41, 5.74) is 11.3. The molecule has 0 aliphatic carbocycles. The van der Waals surface area contributed by atoms with Crippen molar-refractivity contribution in [1.29, 1.82) is 0 Å². The van der Waals surface area contributed by atoms with Crippen LogP contribution in [0, 0.1) is 0 Å². The zero-order valence-electron chi connectivity index (χ0n) is 15.6. The van der Waals surface area contributed by atoms with Crippen molar-refractivity contribution in [2.75, 3.05) is 6.54 Å². The largest absolute Gasteiger partial charge is 0.370 e. The van der Waals surface area contributed by atoms with Crippen LogP contribution in [0.2, 0.25) is 5.02 Å². The van der Waals surface area contributed by atoms with E-state index in [1.165, 1.54) is 30.6 Å². The molecule has 3 rings (SSSR count). The number of nitrogens with two attached hydrogens (primary N) is 2. The molecule has 12 heteroatoms. The first-order valence-corrected chi connectivity index (χ1v) is 10.4. The number of aliphatic hydroxyl groups excluding tert-OH is 1. The number of rotatable bonds is 7. The fourth-order valence-electron chi connectivity index (χ4n) is 2.80. The van der Waals surface area contributed by atoms with Crippen molar-refractivity contribution in [3.8, 4) is 0 Å². The zero-order valence-corrected chi connectivity index (χ0v) is 17.1. The van der Waals surface area contributed by atoms with Gasteiger partial charge in [0.25, 0.3) is 0 Å². The van der Waals surface area contributed by atoms with Gasteiger partial charge in [-0.1, -0.05) is 23.7 Å². The number of hydrogen-bond donors (Lipinski definition) is 4. The van der Waals surface area contributed by atoms with Gasteiger partial charge < -0.3 is 21.7 Å². The average molecular weight is 451 g/mol. The van der Waals surface area contributed by atoms with Crippen LogP contribution in [0.5, 0.6) is 0 Å². The van der Waals surface area contributed by atoms with Gasteiger partial charge in [-0.2, -0.15) is 9.30 Å². The summed E-state index contributed by atoms with van der Waals surface area (Å²) in [4.78, 5) is 11.9. The summed E-state index contributed by atoms with van der Waals surface area (Å²) in [7, 11) is -4.15. The molecule has 0 radical (unpaired) electrons. The van der Waals surface area contributed by atoms with E-state index in [4.69, 9.17) is 23.1 Å². The van der Waals surface area contributed by atoms with E-state index in [1.54, 1.807) is 18.2 Å². The lowest BCUT2D eigenvalue weighted by atomic mass is 10.1. The minimum Gasteiger partial charge on any atom is -0.370 e. The maximum absolute atomic E-state index is 13.3. The van der Waals surface area contributed by atoms with E-state index >= 15 is 0 Å². The molecule has 0 unspecified atom stereocenters. The third-order valence-electron chi connectivity index (χ3n) is 4.09. The number of aromatic nitrogens is 2. The number of fused-ring (bicyclic) bond motifs is 1. The first-order valence-electron chi connectivity index (χ1n) is 8.62. The molecule has 6 N–H and O–H groups in total. The molecule has 0 saturated carbocycles. The van der Waals surface area contributed by atoms with Gasteiger partial charge in [-0.3, -0.25) is 4.98 Å². The van der Waals surface area contributed by atoms with Crippen LogP contribution in [-0.2, 0) is 16.6 Å². The Morgan fingerprint density at radius 1 is 1.17 bits per heavy atom. The molecule has 0 aliphatic heterocycles. The zero-order chi connectivity index (χ0) is 21.9. The molecule has 2 aromatic heterocycles. The van der Waals surface area contributed by atoms with Crippen molar-refractivity contribution < 1.29 is 18.6 Å². The molecule has 0 saturated heterocycles. The third kappa shape index (κ3) is 4.83. The van der Waals surface area contributed by atoms with Crippen LogP contribution in [-0.4, -0.2) is 51.7 Å². The molecule has 0 aliphatic rings. The van der Waals surface area contributed by atoms with E-state index in [0.717, 1.165) is 4.31 Å². The molecular weight excluding hydrogens is 432 g/mol. The summed E-state index contributed by atoms with van der Waals surface area (Å²) >= 11 is 6.16. The number of halogens is 1. The second kappa shape index (κ2) is 8.90. The summed E-state index contributed by atoms with van der Waals surface area (Å²) in [6, 6.07) is 9.22. The van der Waals surface area contributed by atoms with Crippen molar-refractivity contribution >= 4 is 44.2 Å². The van der Waals surface area contributed by atoms with E-state index < -0.39 is 22.9 Å². The van der Waals surface area contributed by atoms with Crippen LogP contribution in [0.15, 0.2) is 58.7 Å². The highest BCUT2D eigenvalue weighted by Crippen LogP contribution is 2.32. The molecule has 3 aromatic rings. The smallest absolute Gasteiger partial charge is 0.243 e. The summed E-state index contributed by atoms with van der Waals surface area (Å²) in [5.74, 6) is -0.149. The molecule has 30 heavy (non-hydrogen) atoms. The maximum atomic E-state index is 13.3. The Bertz CT molecular complexity index is 1180. The highest BCUT2D eigenvalue weighted by atomic mass is 35.5. The Morgan fingerprint density at radius 3 is 2.57 bits per heavy atom. The van der Waals surface area contributed by atoms with Crippen LogP contribution >= 0.6 is 11.6 Å². The van der Waals surface area contributed by atoms with Crippen molar-refractivity contribution in [3.05, 3.63) is 59.5 Å². The minimum absolute atomic E-state index is 0.102. The van der Waals surface area contributed by atoms with Gasteiger partial charge in [0, 0.05) is 23.2 Å². The summed E-state index contributed by atoms with van der Waals surface area (Å²) < 4.78 is 27.5. The average Bonchev–Trinajstić information content (AvgIpc) is 2.69. The Morgan fingerprint density at radius 2 is 1.93 bits per heavy atom. The summed E-state index contributed by atoms with van der Waals surface area (Å²) in [6.45, 7) is -0.709. The number of benzene rings is 1. The molecule has 0 amide bonds. The standard InChI is InChI=1S/C18H19ClN6O4S/c19-15-8-23-17(24-18(20)21)14-7-12(4-5-13(14)15)30(28,29)25(10-16(26)27)9-11-3-1-2-6-22-11/h1-8,16,26-27H,9-10H2,(H4,20,21,23,24). The number of nitrogens with zero attached hydrogens (tertiary/aromatic N) is 4. The van der Waals surface area contributed by atoms with Crippen LogP contribution < -0.4 is 11.5 Å². The highest BCUT2D eigenvalue weighted by molar-refractivity contribution is 7.89. The third-order valence-corrected chi connectivity index (χ3v) is 6.20. The van der Waals surface area contributed by atoms with Crippen LogP contribution in [0.1, 0.15) is 5.69 Å². The predicted molar refractivity (Wildman–Crippen MR) is 112 cm³/mol. The van der Waals surface area contributed by atoms with Gasteiger partial charge in [0.05, 0.1) is 28.7 Å². The topological polar surface area (TPSA) is 168 Å². The van der Waals surface area contributed by atoms with Crippen molar-refractivity contribution in [1.82, 2.24) is 14.3 Å². The fraction of sp³-hybridized carbons (Fsp3) is 0.167. The van der Waals surface area contributed by atoms with Gasteiger partial charge in [0.15, 0.2) is 18.1 Å². The first kappa shape index (κ1) is 21.9. The Hall–Kier alpha value is -2.83. The summed E-state index contributed by atoms with van der Waals surface area (Å²) in [5, 5.41) is 20.0. The quantitative estimate of drug-likeness (QED) is 0.231. The second-order valence-corrected chi connectivity index (χ2v) is 8.62. The van der Waals surface area contributed by atoms with Crippen LogP contribution in [0.25, 0.3) is 10.8 Å². The van der Waals surface area contributed by atoms with Crippen molar-refractivity contribution in [2.45, 2.75) is 17.7 Å². The fourth-order valence-corrected chi connectivity index (χ4v) is 4.45. The maximum Gasteiger partial charge on any atom is 0.243 e. The number of aliphatic hydroxyl groups is 2. The van der Waals surface area contributed by atoms with Gasteiger partial charge >= 0.3 is 0 Å². The lowest BCUT2D eigenvalue weighted by Gasteiger charge is -2.23. The summed E-state index contributed by atoms with van der Waals surface area (Å²) in [6.07, 6.45) is 0.994. The van der Waals surface area contributed by atoms with E-state index in [0.29, 0.717) is 21.5 Å². The lowest BCUT2D eigenvalue weighted by Crippen LogP contribution is -2.37. The highest BCUT2D eigenvalue weighted by Gasteiger charge is 2.27. The van der Waals surface area contributed by atoms with Crippen molar-refractivity contribution in [3.63, 3.8) is 0 Å². The molecule has 2 heterocycles. The molecule has 0 spiro atoms. The number of sulfonamides is 1. The van der Waals surface area contributed by atoms with Gasteiger partial charge in [-0.05, 0) is 24.3 Å². The molecular formula is C18H19ClN6O4S. The minimum atomic E-state index is -4.15. The van der Waals surface area contributed by atoms with E-state index in [1.807, 2.05) is 0 Å². The number of hydrogen-bond acceptors (Lipinski definition) is 7.